The molecule has 14 heteroatoms. The maximum Gasteiger partial charge on any atom is 0.279 e. The molecule has 5 rings (SSSR count). The molecule has 1 aliphatic heterocycles. The third-order valence-electron chi connectivity index (χ3n) is 7.15. The Balaban J connectivity index is 1.48. The summed E-state index contributed by atoms with van der Waals surface area (Å²) in [6, 6.07) is 8.74. The van der Waals surface area contributed by atoms with Gasteiger partial charge < -0.3 is 25.2 Å². The van der Waals surface area contributed by atoms with Crippen LogP contribution in [-0.4, -0.2) is 58.2 Å². The molecule has 1 unspecified atom stereocenters. The number of aromatic nitrogens is 3. The van der Waals surface area contributed by atoms with Gasteiger partial charge in [-0.3, -0.25) is 9.59 Å². The number of benzene rings is 2. The second kappa shape index (κ2) is 13.4. The number of carbonyl (C=O) groups excluding carboxylic acids is 1. The Kier molecular flexibility index (Phi) is 9.56. The lowest BCUT2D eigenvalue weighted by Crippen LogP contribution is -2.46. The molecule has 230 valence electrons. The van der Waals surface area contributed by atoms with Crippen molar-refractivity contribution in [3.8, 4) is 28.3 Å². The van der Waals surface area contributed by atoms with Crippen LogP contribution in [-0.2, 0) is 18.3 Å². The number of pyridine rings is 1. The number of aliphatic hydroxyl groups is 1. The standard InChI is InChI=1S/C30H27Cl2F2N5O5/c1-39-30(42)18(5-7-36-39)28(41)37-24-12-17(34)10-20(27(24)32)19-9-16(33)11-21(26(19)31)22-4-3-15(29(38-22)43-2)13-35-23-6-8-44-14-25(23)40/h3-5,7,9-12,23,25,35,40H,6,8,13-14H2,1-2H3,(H,37,41)/t23?,25-/m0/s1. The summed E-state index contributed by atoms with van der Waals surface area (Å²) in [5.41, 5.74) is 0.140. The highest BCUT2D eigenvalue weighted by Gasteiger charge is 2.24. The predicted molar refractivity (Wildman–Crippen MR) is 161 cm³/mol. The number of methoxy groups -OCH3 is 1. The molecule has 2 aromatic carbocycles. The Labute approximate surface area is 260 Å². The molecule has 1 aliphatic rings. The largest absolute Gasteiger partial charge is 0.481 e. The molecule has 44 heavy (non-hydrogen) atoms. The van der Waals surface area contributed by atoms with Crippen LogP contribution in [0.2, 0.25) is 10.0 Å². The summed E-state index contributed by atoms with van der Waals surface area (Å²) in [6.07, 6.45) is 1.27. The number of nitrogens with one attached hydrogen (secondary N) is 2. The van der Waals surface area contributed by atoms with Gasteiger partial charge in [0.1, 0.15) is 17.2 Å². The first-order chi connectivity index (χ1) is 21.1. The minimum atomic E-state index is -0.838. The van der Waals surface area contributed by atoms with E-state index in [1.165, 1.54) is 32.5 Å². The Morgan fingerprint density at radius 2 is 1.82 bits per heavy atom. The summed E-state index contributed by atoms with van der Waals surface area (Å²) in [4.78, 5) is 29.7. The molecule has 0 saturated carbocycles. The first-order valence-electron chi connectivity index (χ1n) is 13.4. The average Bonchev–Trinajstić information content (AvgIpc) is 3.00. The van der Waals surface area contributed by atoms with Gasteiger partial charge in [-0.25, -0.2) is 18.4 Å². The van der Waals surface area contributed by atoms with E-state index in [0.29, 0.717) is 25.1 Å². The molecular formula is C30H27Cl2F2N5O5. The van der Waals surface area contributed by atoms with Gasteiger partial charge in [0.25, 0.3) is 11.5 Å². The second-order valence-corrected chi connectivity index (χ2v) is 10.8. The Hall–Kier alpha value is -3.94. The number of amides is 1. The minimum absolute atomic E-state index is 0.00171. The molecule has 4 aromatic rings. The molecule has 1 amide bonds. The fraction of sp³-hybridized carbons (Fsp3) is 0.267. The molecule has 3 N–H and O–H groups in total. The van der Waals surface area contributed by atoms with E-state index in [1.54, 1.807) is 12.1 Å². The van der Waals surface area contributed by atoms with Gasteiger partial charge in [0.05, 0.1) is 41.2 Å². The number of aryl methyl sites for hydroxylation is 1. The number of hydrogen-bond acceptors (Lipinski definition) is 8. The van der Waals surface area contributed by atoms with Crippen LogP contribution in [0.15, 0.2) is 53.5 Å². The van der Waals surface area contributed by atoms with Crippen LogP contribution in [0, 0.1) is 11.6 Å². The lowest BCUT2D eigenvalue weighted by molar-refractivity contribution is -0.0281. The lowest BCUT2D eigenvalue weighted by Gasteiger charge is -2.28. The molecule has 0 spiro atoms. The van der Waals surface area contributed by atoms with Gasteiger partial charge in [-0.2, -0.15) is 5.10 Å². The van der Waals surface area contributed by atoms with Gasteiger partial charge in [-0.1, -0.05) is 29.3 Å². The normalized spacial score (nSPS) is 16.5. The van der Waals surface area contributed by atoms with Gasteiger partial charge >= 0.3 is 0 Å². The molecular weight excluding hydrogens is 619 g/mol. The van der Waals surface area contributed by atoms with Crippen LogP contribution in [0.1, 0.15) is 22.3 Å². The molecule has 10 nitrogen and oxygen atoms in total. The summed E-state index contributed by atoms with van der Waals surface area (Å²) in [5, 5.41) is 19.5. The topological polar surface area (TPSA) is 128 Å². The number of hydrogen-bond donors (Lipinski definition) is 3. The van der Waals surface area contributed by atoms with E-state index in [9.17, 15) is 19.1 Å². The van der Waals surface area contributed by atoms with Crippen LogP contribution in [0.5, 0.6) is 5.88 Å². The zero-order chi connectivity index (χ0) is 31.5. The Morgan fingerprint density at radius 1 is 1.11 bits per heavy atom. The quantitative estimate of drug-likeness (QED) is 0.254. The van der Waals surface area contributed by atoms with E-state index < -0.39 is 29.2 Å². The van der Waals surface area contributed by atoms with Crippen molar-refractivity contribution in [1.29, 1.82) is 0 Å². The third kappa shape index (κ3) is 6.59. The summed E-state index contributed by atoms with van der Waals surface area (Å²) in [6.45, 7) is 1.14. The second-order valence-electron chi connectivity index (χ2n) is 10.0. The Morgan fingerprint density at radius 3 is 2.55 bits per heavy atom. The maximum atomic E-state index is 15.0. The fourth-order valence-electron chi connectivity index (χ4n) is 4.85. The number of ether oxygens (including phenoxy) is 2. The minimum Gasteiger partial charge on any atom is -0.481 e. The van der Waals surface area contributed by atoms with Crippen molar-refractivity contribution >= 4 is 34.8 Å². The van der Waals surface area contributed by atoms with E-state index >= 15 is 4.39 Å². The summed E-state index contributed by atoms with van der Waals surface area (Å²) < 4.78 is 41.6. The van der Waals surface area contributed by atoms with Gasteiger partial charge in [-0.15, -0.1) is 0 Å². The van der Waals surface area contributed by atoms with E-state index in [-0.39, 0.29) is 62.2 Å². The zero-order valence-electron chi connectivity index (χ0n) is 23.5. The molecule has 2 aromatic heterocycles. The van der Waals surface area contributed by atoms with Crippen LogP contribution < -0.4 is 20.9 Å². The van der Waals surface area contributed by atoms with E-state index in [4.69, 9.17) is 32.7 Å². The average molecular weight is 646 g/mol. The van der Waals surface area contributed by atoms with Gasteiger partial charge in [-0.05, 0) is 42.8 Å². The van der Waals surface area contributed by atoms with E-state index in [0.717, 1.165) is 22.9 Å². The number of rotatable bonds is 8. The highest BCUT2D eigenvalue weighted by Crippen LogP contribution is 2.42. The van der Waals surface area contributed by atoms with Crippen molar-refractivity contribution in [1.82, 2.24) is 20.1 Å². The van der Waals surface area contributed by atoms with Gasteiger partial charge in [0, 0.05) is 54.7 Å². The van der Waals surface area contributed by atoms with Crippen LogP contribution in [0.4, 0.5) is 14.5 Å². The van der Waals surface area contributed by atoms with Crippen LogP contribution >= 0.6 is 23.2 Å². The van der Waals surface area contributed by atoms with Crippen LogP contribution in [0.3, 0.4) is 0 Å². The van der Waals surface area contributed by atoms with Crippen molar-refractivity contribution in [2.75, 3.05) is 25.6 Å². The molecule has 0 radical (unpaired) electrons. The molecule has 0 aliphatic carbocycles. The van der Waals surface area contributed by atoms with Gasteiger partial charge in [0.2, 0.25) is 5.88 Å². The third-order valence-corrected chi connectivity index (χ3v) is 7.97. The number of anilines is 1. The number of nitrogens with zero attached hydrogens (tertiary/aromatic N) is 3. The van der Waals surface area contributed by atoms with Crippen molar-refractivity contribution < 1.29 is 28.2 Å². The highest BCUT2D eigenvalue weighted by molar-refractivity contribution is 6.39. The molecule has 1 saturated heterocycles. The zero-order valence-corrected chi connectivity index (χ0v) is 25.0. The monoisotopic (exact) mass is 645 g/mol. The predicted octanol–water partition coefficient (Wildman–Crippen LogP) is 4.59. The SMILES string of the molecule is COc1nc(-c2cc(F)cc(-c3cc(F)cc(NC(=O)c4ccnn(C)c4=O)c3Cl)c2Cl)ccc1CNC1CCOC[C@@H]1O. The summed E-state index contributed by atoms with van der Waals surface area (Å²) in [5.74, 6) is -2.08. The van der Waals surface area contributed by atoms with Crippen molar-refractivity contribution in [2.24, 2.45) is 7.05 Å². The van der Waals surface area contributed by atoms with Crippen molar-refractivity contribution in [3.05, 3.63) is 91.8 Å². The number of aliphatic hydroxyl groups excluding tert-OH is 1. The molecule has 0 bridgehead atoms. The summed E-state index contributed by atoms with van der Waals surface area (Å²) >= 11 is 13.4. The number of halogens is 4. The first-order valence-corrected chi connectivity index (χ1v) is 14.2. The summed E-state index contributed by atoms with van der Waals surface area (Å²) in [7, 11) is 2.82. The van der Waals surface area contributed by atoms with Crippen LogP contribution in [0.25, 0.3) is 22.4 Å². The molecule has 3 heterocycles. The smallest absolute Gasteiger partial charge is 0.279 e. The first kappa shape index (κ1) is 31.5. The van der Waals surface area contributed by atoms with E-state index in [1.807, 2.05) is 0 Å². The van der Waals surface area contributed by atoms with E-state index in [2.05, 4.69) is 20.7 Å². The Bertz CT molecular complexity index is 1790. The fourth-order valence-corrected chi connectivity index (χ4v) is 5.41. The highest BCUT2D eigenvalue weighted by atomic mass is 35.5. The molecule has 1 fully saturated rings. The molecule has 2 atom stereocenters. The van der Waals surface area contributed by atoms with Crippen molar-refractivity contribution in [2.45, 2.75) is 25.1 Å². The number of carbonyl (C=O) groups is 1. The van der Waals surface area contributed by atoms with Crippen molar-refractivity contribution in [3.63, 3.8) is 0 Å². The maximum absolute atomic E-state index is 15.0. The van der Waals surface area contributed by atoms with Gasteiger partial charge in [0.15, 0.2) is 0 Å². The lowest BCUT2D eigenvalue weighted by atomic mass is 9.99.